The van der Waals surface area contributed by atoms with Crippen LogP contribution in [-0.2, 0) is 4.74 Å². The van der Waals surface area contributed by atoms with Crippen molar-refractivity contribution in [2.75, 3.05) is 26.7 Å². The van der Waals surface area contributed by atoms with Crippen molar-refractivity contribution in [3.8, 4) is 6.07 Å². The summed E-state index contributed by atoms with van der Waals surface area (Å²) >= 11 is 1.65. The van der Waals surface area contributed by atoms with E-state index in [0.29, 0.717) is 6.61 Å². The third kappa shape index (κ3) is 2.34. The molecule has 0 saturated carbocycles. The van der Waals surface area contributed by atoms with E-state index in [4.69, 9.17) is 10.5 Å². The van der Waals surface area contributed by atoms with Gasteiger partial charge in [-0.3, -0.25) is 4.90 Å². The van der Waals surface area contributed by atoms with Crippen molar-refractivity contribution in [2.24, 2.45) is 11.7 Å². The van der Waals surface area contributed by atoms with E-state index in [1.165, 1.54) is 4.91 Å². The highest BCUT2D eigenvalue weighted by Gasteiger charge is 2.37. The molecule has 0 saturated heterocycles. The molecule has 0 aromatic heterocycles. The molecule has 5 heteroatoms. The zero-order chi connectivity index (χ0) is 12.4. The third-order valence-electron chi connectivity index (χ3n) is 2.98. The summed E-state index contributed by atoms with van der Waals surface area (Å²) in [4.78, 5) is 4.39. The first kappa shape index (κ1) is 12.5. The topological polar surface area (TPSA) is 62.3 Å². The number of hydrogen-bond donors (Lipinski definition) is 1. The average molecular weight is 251 g/mol. The Hall–Kier alpha value is -0.960. The van der Waals surface area contributed by atoms with Crippen molar-refractivity contribution in [2.45, 2.75) is 13.0 Å². The Kier molecular flexibility index (Phi) is 3.77. The minimum absolute atomic E-state index is 0.0339. The van der Waals surface area contributed by atoms with Crippen LogP contribution in [0.25, 0.3) is 0 Å². The number of rotatable bonds is 2. The summed E-state index contributed by atoms with van der Waals surface area (Å²) < 4.78 is 5.30. The van der Waals surface area contributed by atoms with Crippen molar-refractivity contribution in [1.29, 1.82) is 5.26 Å². The molecule has 4 nitrogen and oxygen atoms in total. The van der Waals surface area contributed by atoms with Gasteiger partial charge in [0.15, 0.2) is 0 Å². The monoisotopic (exact) mass is 251 g/mol. The van der Waals surface area contributed by atoms with Crippen LogP contribution in [-0.4, -0.2) is 37.7 Å². The molecule has 0 aromatic rings. The van der Waals surface area contributed by atoms with Crippen molar-refractivity contribution in [3.63, 3.8) is 0 Å². The molecule has 0 fully saturated rings. The first-order valence-corrected chi connectivity index (χ1v) is 6.55. The molecule has 0 aliphatic carbocycles. The maximum absolute atomic E-state index is 9.30. The van der Waals surface area contributed by atoms with E-state index >= 15 is 0 Å². The number of nitrogens with two attached hydrogens (primary N) is 1. The maximum Gasteiger partial charge on any atom is 0.104 e. The number of thioether (sulfide) groups is 1. The Morgan fingerprint density at radius 1 is 1.71 bits per heavy atom. The van der Waals surface area contributed by atoms with Gasteiger partial charge in [-0.05, 0) is 19.5 Å². The van der Waals surface area contributed by atoms with Gasteiger partial charge in [-0.15, -0.1) is 0 Å². The van der Waals surface area contributed by atoms with Crippen LogP contribution in [0.15, 0.2) is 21.6 Å². The van der Waals surface area contributed by atoms with Crippen molar-refractivity contribution in [1.82, 2.24) is 4.90 Å². The van der Waals surface area contributed by atoms with E-state index in [0.717, 1.165) is 23.6 Å². The van der Waals surface area contributed by atoms with E-state index in [2.05, 4.69) is 18.0 Å². The highest BCUT2D eigenvalue weighted by molar-refractivity contribution is 8.07. The van der Waals surface area contributed by atoms with Crippen LogP contribution in [0.2, 0.25) is 0 Å². The summed E-state index contributed by atoms with van der Waals surface area (Å²) in [6.45, 7) is 4.26. The number of likely N-dealkylation sites (N-methyl/N-ethyl adjacent to an activating group) is 1. The second kappa shape index (κ2) is 5.13. The zero-order valence-corrected chi connectivity index (χ0v) is 11.0. The molecule has 17 heavy (non-hydrogen) atoms. The quantitative estimate of drug-likeness (QED) is 0.749. The second-order valence-corrected chi connectivity index (χ2v) is 5.49. The Bertz CT molecular complexity index is 410. The highest BCUT2D eigenvalue weighted by Crippen LogP contribution is 2.47. The van der Waals surface area contributed by atoms with Crippen LogP contribution in [0.4, 0.5) is 0 Å². The third-order valence-corrected chi connectivity index (χ3v) is 4.15. The van der Waals surface area contributed by atoms with Gasteiger partial charge in [0.05, 0.1) is 18.9 Å². The average Bonchev–Trinajstić information content (AvgIpc) is 2.63. The van der Waals surface area contributed by atoms with E-state index < -0.39 is 0 Å². The van der Waals surface area contributed by atoms with Gasteiger partial charge < -0.3 is 10.5 Å². The lowest BCUT2D eigenvalue weighted by Crippen LogP contribution is -2.42. The molecule has 2 rings (SSSR count). The molecule has 0 radical (unpaired) electrons. The summed E-state index contributed by atoms with van der Waals surface area (Å²) in [5.74, 6) is -0.203. The van der Waals surface area contributed by atoms with Crippen molar-refractivity contribution < 1.29 is 4.74 Å². The number of allylic oxidation sites excluding steroid dienone is 1. The van der Waals surface area contributed by atoms with Gasteiger partial charge >= 0.3 is 0 Å². The van der Waals surface area contributed by atoms with Crippen molar-refractivity contribution >= 4 is 11.8 Å². The molecule has 2 unspecified atom stereocenters. The lowest BCUT2D eigenvalue weighted by molar-refractivity contribution is 0.266. The highest BCUT2D eigenvalue weighted by atomic mass is 32.2. The predicted octanol–water partition coefficient (Wildman–Crippen LogP) is 1.28. The van der Waals surface area contributed by atoms with E-state index in [1.54, 1.807) is 18.0 Å². The van der Waals surface area contributed by atoms with Gasteiger partial charge in [0, 0.05) is 28.9 Å². The van der Waals surface area contributed by atoms with Crippen LogP contribution in [0, 0.1) is 17.2 Å². The molecule has 2 heterocycles. The fourth-order valence-electron chi connectivity index (χ4n) is 2.25. The van der Waals surface area contributed by atoms with E-state index in [1.807, 2.05) is 6.92 Å². The van der Waals surface area contributed by atoms with E-state index in [-0.39, 0.29) is 12.0 Å². The lowest BCUT2D eigenvalue weighted by atomic mass is 9.91. The summed E-state index contributed by atoms with van der Waals surface area (Å²) in [6, 6.07) is 2.31. The second-order valence-electron chi connectivity index (χ2n) is 4.32. The Morgan fingerprint density at radius 2 is 2.47 bits per heavy atom. The minimum Gasteiger partial charge on any atom is -0.501 e. The molecule has 0 bridgehead atoms. The van der Waals surface area contributed by atoms with Crippen LogP contribution >= 0.6 is 11.8 Å². The fraction of sp³-hybridized carbons (Fsp3) is 0.583. The molecule has 2 aliphatic heterocycles. The van der Waals surface area contributed by atoms with Gasteiger partial charge in [-0.1, -0.05) is 11.8 Å². The SMILES string of the molecule is CCOC=C1SC2=C(C(N)CN(C)C2)C1C#N. The summed E-state index contributed by atoms with van der Waals surface area (Å²) in [6.07, 6.45) is 1.71. The first-order chi connectivity index (χ1) is 8.17. The van der Waals surface area contributed by atoms with Crippen molar-refractivity contribution in [3.05, 3.63) is 21.6 Å². The largest absolute Gasteiger partial charge is 0.501 e. The summed E-state index contributed by atoms with van der Waals surface area (Å²) in [5.41, 5.74) is 7.23. The molecule has 2 atom stereocenters. The Labute approximate surface area is 106 Å². The molecular weight excluding hydrogens is 234 g/mol. The smallest absolute Gasteiger partial charge is 0.104 e. The molecule has 2 N–H and O–H groups in total. The Balaban J connectivity index is 2.26. The standard InChI is InChI=1S/C12H17N3OS/c1-3-16-7-11-8(4-13)12-9(14)5-15(2)6-10(12)17-11/h7-9H,3,5-6,14H2,1-2H3. The van der Waals surface area contributed by atoms with E-state index in [9.17, 15) is 5.26 Å². The number of nitriles is 1. The maximum atomic E-state index is 9.30. The van der Waals surface area contributed by atoms with Gasteiger partial charge in [0.2, 0.25) is 0 Å². The normalized spacial score (nSPS) is 31.5. The number of hydrogen-bond acceptors (Lipinski definition) is 5. The number of ether oxygens (including phenoxy) is 1. The molecule has 2 aliphatic rings. The zero-order valence-electron chi connectivity index (χ0n) is 10.1. The van der Waals surface area contributed by atoms with Crippen LogP contribution in [0.1, 0.15) is 6.92 Å². The molecule has 0 spiro atoms. The van der Waals surface area contributed by atoms with Gasteiger partial charge in [-0.2, -0.15) is 5.26 Å². The lowest BCUT2D eigenvalue weighted by Gasteiger charge is -2.29. The fourth-order valence-corrected chi connectivity index (χ4v) is 3.62. The van der Waals surface area contributed by atoms with Gasteiger partial charge in [0.25, 0.3) is 0 Å². The number of nitrogens with zero attached hydrogens (tertiary/aromatic N) is 2. The summed E-state index contributed by atoms with van der Waals surface area (Å²) in [5, 5.41) is 9.30. The molecule has 0 amide bonds. The summed E-state index contributed by atoms with van der Waals surface area (Å²) in [7, 11) is 2.05. The van der Waals surface area contributed by atoms with Crippen LogP contribution in [0.3, 0.4) is 0 Å². The van der Waals surface area contributed by atoms with Gasteiger partial charge in [-0.25, -0.2) is 0 Å². The van der Waals surface area contributed by atoms with Crippen LogP contribution in [0.5, 0.6) is 0 Å². The minimum atomic E-state index is -0.203. The van der Waals surface area contributed by atoms with Crippen LogP contribution < -0.4 is 5.73 Å². The Morgan fingerprint density at radius 3 is 3.12 bits per heavy atom. The predicted molar refractivity (Wildman–Crippen MR) is 68.9 cm³/mol. The molecular formula is C12H17N3OS. The molecule has 92 valence electrons. The molecule has 0 aromatic carbocycles. The van der Waals surface area contributed by atoms with Gasteiger partial charge in [0.1, 0.15) is 5.92 Å². The first-order valence-electron chi connectivity index (χ1n) is 5.73.